The summed E-state index contributed by atoms with van der Waals surface area (Å²) < 4.78 is 10.2. The average Bonchev–Trinajstić information content (AvgIpc) is 2.48. The number of rotatable bonds is 5. The highest BCUT2D eigenvalue weighted by atomic mass is 16.5. The second-order valence-electron chi connectivity index (χ2n) is 4.23. The molecule has 0 spiro atoms. The van der Waals surface area contributed by atoms with E-state index in [1.54, 1.807) is 20.4 Å². The molecule has 2 aromatic rings. The first-order valence-corrected chi connectivity index (χ1v) is 6.13. The summed E-state index contributed by atoms with van der Waals surface area (Å²) in [6.07, 6.45) is 1.76. The minimum absolute atomic E-state index is 0.195. The van der Waals surface area contributed by atoms with Gasteiger partial charge in [-0.2, -0.15) is 0 Å². The van der Waals surface area contributed by atoms with Crippen LogP contribution in [-0.4, -0.2) is 19.2 Å². The minimum atomic E-state index is 0.195. The number of aromatic nitrogens is 1. The van der Waals surface area contributed by atoms with Gasteiger partial charge in [-0.15, -0.1) is 0 Å². The Morgan fingerprint density at radius 3 is 2.26 bits per heavy atom. The first kappa shape index (κ1) is 13.2. The number of nitrogens with one attached hydrogen (secondary N) is 1. The van der Waals surface area contributed by atoms with E-state index < -0.39 is 0 Å². The summed E-state index contributed by atoms with van der Waals surface area (Å²) in [5.74, 6) is 1.48. The molecule has 1 atom stereocenters. The average molecular weight is 258 g/mol. The third-order valence-corrected chi connectivity index (χ3v) is 2.94. The zero-order valence-corrected chi connectivity index (χ0v) is 11.4. The van der Waals surface area contributed by atoms with E-state index in [-0.39, 0.29) is 6.04 Å². The van der Waals surface area contributed by atoms with Crippen molar-refractivity contribution in [1.82, 2.24) is 4.98 Å². The second-order valence-corrected chi connectivity index (χ2v) is 4.23. The van der Waals surface area contributed by atoms with Gasteiger partial charge in [0.1, 0.15) is 5.75 Å². The summed E-state index contributed by atoms with van der Waals surface area (Å²) in [5, 5.41) is 3.39. The first-order valence-electron chi connectivity index (χ1n) is 6.13. The summed E-state index contributed by atoms with van der Waals surface area (Å²) in [6, 6.07) is 12.0. The van der Waals surface area contributed by atoms with E-state index in [2.05, 4.69) is 17.2 Å². The first-order chi connectivity index (χ1) is 9.22. The molecule has 1 N–H and O–H groups in total. The van der Waals surface area contributed by atoms with Crippen molar-refractivity contribution < 1.29 is 9.47 Å². The van der Waals surface area contributed by atoms with Gasteiger partial charge in [-0.25, -0.2) is 4.98 Å². The fourth-order valence-electron chi connectivity index (χ4n) is 1.81. The Morgan fingerprint density at radius 2 is 1.74 bits per heavy atom. The van der Waals surface area contributed by atoms with Gasteiger partial charge in [0.05, 0.1) is 26.1 Å². The Balaban J connectivity index is 2.04. The van der Waals surface area contributed by atoms with Crippen LogP contribution in [0.3, 0.4) is 0 Å². The molecule has 0 fully saturated rings. The largest absolute Gasteiger partial charge is 0.497 e. The molecule has 0 saturated carbocycles. The quantitative estimate of drug-likeness (QED) is 0.893. The molecule has 2 rings (SSSR count). The van der Waals surface area contributed by atoms with E-state index in [9.17, 15) is 0 Å². The molecular formula is C15H18N2O2. The monoisotopic (exact) mass is 258 g/mol. The number of nitrogens with zero attached hydrogens (tertiary/aromatic N) is 1. The maximum absolute atomic E-state index is 5.15. The Bertz CT molecular complexity index is 509. The molecule has 4 nitrogen and oxygen atoms in total. The van der Waals surface area contributed by atoms with Crippen LogP contribution in [0.4, 0.5) is 5.69 Å². The van der Waals surface area contributed by atoms with Gasteiger partial charge in [0.15, 0.2) is 0 Å². The minimum Gasteiger partial charge on any atom is -0.497 e. The highest BCUT2D eigenvalue weighted by molar-refractivity contribution is 5.45. The summed E-state index contributed by atoms with van der Waals surface area (Å²) in [5.41, 5.74) is 2.15. The van der Waals surface area contributed by atoms with Gasteiger partial charge in [-0.3, -0.25) is 0 Å². The van der Waals surface area contributed by atoms with Crippen LogP contribution in [0, 0.1) is 0 Å². The smallest absolute Gasteiger partial charge is 0.213 e. The summed E-state index contributed by atoms with van der Waals surface area (Å²) in [4.78, 5) is 4.17. The fraction of sp³-hybridized carbons (Fsp3) is 0.267. The Morgan fingerprint density at radius 1 is 1.00 bits per heavy atom. The van der Waals surface area contributed by atoms with Crippen molar-refractivity contribution in [1.29, 1.82) is 0 Å². The standard InChI is InChI=1S/C15H18N2O2/c1-11(12-4-7-14(18-2)8-5-12)17-13-6-9-15(19-3)16-10-13/h4-11,17H,1-3H3. The van der Waals surface area contributed by atoms with E-state index in [1.807, 2.05) is 36.4 Å². The van der Waals surface area contributed by atoms with Gasteiger partial charge >= 0.3 is 0 Å². The number of ether oxygens (including phenoxy) is 2. The molecule has 1 aromatic heterocycles. The lowest BCUT2D eigenvalue weighted by Crippen LogP contribution is -2.06. The lowest BCUT2D eigenvalue weighted by Gasteiger charge is -2.16. The van der Waals surface area contributed by atoms with E-state index in [0.29, 0.717) is 5.88 Å². The SMILES string of the molecule is COc1ccc(C(C)Nc2ccc(OC)nc2)cc1. The van der Waals surface area contributed by atoms with Gasteiger partial charge in [-0.1, -0.05) is 12.1 Å². The van der Waals surface area contributed by atoms with Crippen molar-refractivity contribution in [2.24, 2.45) is 0 Å². The van der Waals surface area contributed by atoms with Crippen LogP contribution < -0.4 is 14.8 Å². The highest BCUT2D eigenvalue weighted by Crippen LogP contribution is 2.21. The number of methoxy groups -OCH3 is 2. The Hall–Kier alpha value is -2.23. The number of benzene rings is 1. The molecule has 0 saturated heterocycles. The van der Waals surface area contributed by atoms with Crippen LogP contribution in [0.2, 0.25) is 0 Å². The third kappa shape index (κ3) is 3.37. The number of anilines is 1. The number of hydrogen-bond donors (Lipinski definition) is 1. The van der Waals surface area contributed by atoms with E-state index in [4.69, 9.17) is 9.47 Å². The molecular weight excluding hydrogens is 240 g/mol. The Kier molecular flexibility index (Phi) is 4.23. The molecule has 1 aromatic carbocycles. The molecule has 0 radical (unpaired) electrons. The van der Waals surface area contributed by atoms with Gasteiger partial charge in [0.25, 0.3) is 0 Å². The van der Waals surface area contributed by atoms with E-state index in [1.165, 1.54) is 5.56 Å². The molecule has 0 aliphatic carbocycles. The van der Waals surface area contributed by atoms with Crippen LogP contribution in [0.1, 0.15) is 18.5 Å². The third-order valence-electron chi connectivity index (χ3n) is 2.94. The predicted molar refractivity (Wildman–Crippen MR) is 75.8 cm³/mol. The van der Waals surface area contributed by atoms with Gasteiger partial charge < -0.3 is 14.8 Å². The normalized spacial score (nSPS) is 11.7. The van der Waals surface area contributed by atoms with Crippen LogP contribution >= 0.6 is 0 Å². The molecule has 4 heteroatoms. The maximum Gasteiger partial charge on any atom is 0.213 e. The summed E-state index contributed by atoms with van der Waals surface area (Å²) in [6.45, 7) is 2.10. The molecule has 0 amide bonds. The number of hydrogen-bond acceptors (Lipinski definition) is 4. The zero-order chi connectivity index (χ0) is 13.7. The molecule has 0 bridgehead atoms. The lowest BCUT2D eigenvalue weighted by molar-refractivity contribution is 0.398. The van der Waals surface area contributed by atoms with Crippen LogP contribution in [0.15, 0.2) is 42.6 Å². The van der Waals surface area contributed by atoms with Gasteiger partial charge in [0.2, 0.25) is 5.88 Å². The molecule has 100 valence electrons. The Labute approximate surface area is 113 Å². The lowest BCUT2D eigenvalue weighted by atomic mass is 10.1. The molecule has 1 heterocycles. The van der Waals surface area contributed by atoms with Crippen molar-refractivity contribution in [3.63, 3.8) is 0 Å². The van der Waals surface area contributed by atoms with Gasteiger partial charge in [-0.05, 0) is 30.7 Å². The fourth-order valence-corrected chi connectivity index (χ4v) is 1.81. The van der Waals surface area contributed by atoms with Crippen LogP contribution in [0.5, 0.6) is 11.6 Å². The molecule has 19 heavy (non-hydrogen) atoms. The van der Waals surface area contributed by atoms with Crippen LogP contribution in [0.25, 0.3) is 0 Å². The highest BCUT2D eigenvalue weighted by Gasteiger charge is 2.05. The molecule has 0 aliphatic heterocycles. The topological polar surface area (TPSA) is 43.4 Å². The maximum atomic E-state index is 5.15. The van der Waals surface area contributed by atoms with Crippen molar-refractivity contribution in [3.8, 4) is 11.6 Å². The second kappa shape index (κ2) is 6.09. The van der Waals surface area contributed by atoms with Crippen molar-refractivity contribution >= 4 is 5.69 Å². The van der Waals surface area contributed by atoms with Crippen molar-refractivity contribution in [2.75, 3.05) is 19.5 Å². The predicted octanol–water partition coefficient (Wildman–Crippen LogP) is 3.27. The van der Waals surface area contributed by atoms with Crippen LogP contribution in [-0.2, 0) is 0 Å². The molecule has 0 aliphatic rings. The van der Waals surface area contributed by atoms with Crippen molar-refractivity contribution in [2.45, 2.75) is 13.0 Å². The summed E-state index contributed by atoms with van der Waals surface area (Å²) in [7, 11) is 3.27. The summed E-state index contributed by atoms with van der Waals surface area (Å²) >= 11 is 0. The van der Waals surface area contributed by atoms with Gasteiger partial charge in [0, 0.05) is 12.1 Å². The van der Waals surface area contributed by atoms with E-state index >= 15 is 0 Å². The number of pyridine rings is 1. The zero-order valence-electron chi connectivity index (χ0n) is 11.4. The van der Waals surface area contributed by atoms with E-state index in [0.717, 1.165) is 11.4 Å². The van der Waals surface area contributed by atoms with Crippen molar-refractivity contribution in [3.05, 3.63) is 48.2 Å². The molecule has 1 unspecified atom stereocenters.